The van der Waals surface area contributed by atoms with Gasteiger partial charge in [-0.25, -0.2) is 4.79 Å². The molecule has 2 aliphatic rings. The molecule has 0 radical (unpaired) electrons. The molecule has 12 nitrogen and oxygen atoms in total. The molecule has 5 N–H and O–H groups in total. The fourth-order valence-electron chi connectivity index (χ4n) is 4.06. The van der Waals surface area contributed by atoms with Crippen molar-refractivity contribution in [1.82, 2.24) is 0 Å². The summed E-state index contributed by atoms with van der Waals surface area (Å²) in [5.74, 6) is -2.07. The standard InChI is InChI=1S/C25H32O12/c1-3-15-16(10-19(28)33-2)17(23(32)34-9-8-13-4-6-14(27)7-5-13)12-35-24(15)37-25-22(31)21(30)20(29)18(11-26)36-25/h3-7,12,16,18,20-22,24-27,29-31H,8-11H2,1-2H3/b15-3+/t16-,18+,20+,21-,22+,24-,25-/m0/s1. The number of aliphatic hydroxyl groups is 4. The lowest BCUT2D eigenvalue weighted by molar-refractivity contribution is -0.327. The zero-order valence-corrected chi connectivity index (χ0v) is 20.4. The Morgan fingerprint density at radius 1 is 1.08 bits per heavy atom. The minimum atomic E-state index is -1.67. The molecule has 2 heterocycles. The molecule has 0 aromatic heterocycles. The van der Waals surface area contributed by atoms with E-state index in [2.05, 4.69) is 0 Å². The van der Waals surface area contributed by atoms with E-state index in [-0.39, 0.29) is 24.4 Å². The Hall–Kier alpha value is -3.00. The van der Waals surface area contributed by atoms with Crippen molar-refractivity contribution in [2.75, 3.05) is 20.3 Å². The molecule has 1 saturated heterocycles. The highest BCUT2D eigenvalue weighted by molar-refractivity contribution is 5.90. The van der Waals surface area contributed by atoms with Crippen LogP contribution in [0.5, 0.6) is 5.75 Å². The molecule has 0 aliphatic carbocycles. The number of methoxy groups -OCH3 is 1. The number of esters is 2. The van der Waals surface area contributed by atoms with Gasteiger partial charge in [-0.1, -0.05) is 18.2 Å². The first kappa shape index (κ1) is 28.6. The van der Waals surface area contributed by atoms with Gasteiger partial charge in [0, 0.05) is 17.9 Å². The molecule has 1 aromatic rings. The zero-order chi connectivity index (χ0) is 27.1. The maximum absolute atomic E-state index is 12.9. The molecule has 2 aliphatic heterocycles. The van der Waals surface area contributed by atoms with Crippen LogP contribution in [0.3, 0.4) is 0 Å². The van der Waals surface area contributed by atoms with Gasteiger partial charge in [0.1, 0.15) is 30.2 Å². The molecule has 1 fully saturated rings. The third-order valence-electron chi connectivity index (χ3n) is 6.20. The molecule has 3 rings (SSSR count). The summed E-state index contributed by atoms with van der Waals surface area (Å²) in [5.41, 5.74) is 1.21. The Labute approximate surface area is 213 Å². The van der Waals surface area contributed by atoms with Crippen molar-refractivity contribution >= 4 is 11.9 Å². The van der Waals surface area contributed by atoms with Crippen LogP contribution < -0.4 is 0 Å². The third-order valence-corrected chi connectivity index (χ3v) is 6.20. The van der Waals surface area contributed by atoms with E-state index in [1.807, 2.05) is 0 Å². The molecular weight excluding hydrogens is 492 g/mol. The predicted molar refractivity (Wildman–Crippen MR) is 124 cm³/mol. The molecule has 0 spiro atoms. The molecule has 37 heavy (non-hydrogen) atoms. The van der Waals surface area contributed by atoms with E-state index in [0.29, 0.717) is 12.0 Å². The van der Waals surface area contributed by atoms with Crippen LogP contribution in [-0.2, 0) is 39.7 Å². The van der Waals surface area contributed by atoms with Gasteiger partial charge in [-0.05, 0) is 24.6 Å². The van der Waals surface area contributed by atoms with Gasteiger partial charge in [0.25, 0.3) is 0 Å². The quantitative estimate of drug-likeness (QED) is 0.210. The van der Waals surface area contributed by atoms with Gasteiger partial charge in [0.15, 0.2) is 6.29 Å². The van der Waals surface area contributed by atoms with Gasteiger partial charge in [0.05, 0.1) is 38.6 Å². The van der Waals surface area contributed by atoms with Gasteiger partial charge in [-0.3, -0.25) is 4.79 Å². The number of carbonyl (C=O) groups is 2. The van der Waals surface area contributed by atoms with Crippen molar-refractivity contribution in [3.05, 3.63) is 53.3 Å². The number of aromatic hydroxyl groups is 1. The van der Waals surface area contributed by atoms with E-state index in [1.54, 1.807) is 25.1 Å². The molecular formula is C25H32O12. The van der Waals surface area contributed by atoms with E-state index in [0.717, 1.165) is 11.8 Å². The Balaban J connectivity index is 1.75. The van der Waals surface area contributed by atoms with Crippen LogP contribution in [-0.4, -0.2) is 94.8 Å². The molecule has 204 valence electrons. The van der Waals surface area contributed by atoms with E-state index in [4.69, 9.17) is 23.7 Å². The first-order valence-electron chi connectivity index (χ1n) is 11.7. The Bertz CT molecular complexity index is 986. The number of allylic oxidation sites excluding steroid dienone is 1. The number of rotatable bonds is 9. The van der Waals surface area contributed by atoms with Crippen molar-refractivity contribution in [3.8, 4) is 5.75 Å². The fourth-order valence-corrected chi connectivity index (χ4v) is 4.06. The van der Waals surface area contributed by atoms with Crippen LogP contribution in [0.4, 0.5) is 0 Å². The Morgan fingerprint density at radius 3 is 2.41 bits per heavy atom. The first-order chi connectivity index (χ1) is 17.7. The number of hydrogen-bond acceptors (Lipinski definition) is 12. The van der Waals surface area contributed by atoms with E-state index < -0.39 is 61.5 Å². The highest BCUT2D eigenvalue weighted by Crippen LogP contribution is 2.36. The monoisotopic (exact) mass is 524 g/mol. The molecule has 0 bridgehead atoms. The third kappa shape index (κ3) is 6.86. The van der Waals surface area contributed by atoms with Crippen molar-refractivity contribution in [2.24, 2.45) is 5.92 Å². The minimum Gasteiger partial charge on any atom is -0.508 e. The zero-order valence-electron chi connectivity index (χ0n) is 20.4. The lowest BCUT2D eigenvalue weighted by atomic mass is 9.86. The largest absolute Gasteiger partial charge is 0.508 e. The Morgan fingerprint density at radius 2 is 1.78 bits per heavy atom. The van der Waals surface area contributed by atoms with Gasteiger partial charge < -0.3 is 49.2 Å². The van der Waals surface area contributed by atoms with E-state index >= 15 is 0 Å². The summed E-state index contributed by atoms with van der Waals surface area (Å²) in [6.45, 7) is 1.02. The number of phenolic OH excluding ortho intramolecular Hbond substituents is 1. The van der Waals surface area contributed by atoms with Crippen LogP contribution in [0.1, 0.15) is 18.9 Å². The van der Waals surface area contributed by atoms with Gasteiger partial charge >= 0.3 is 11.9 Å². The minimum absolute atomic E-state index is 0.0296. The maximum Gasteiger partial charge on any atom is 0.337 e. The topological polar surface area (TPSA) is 181 Å². The summed E-state index contributed by atoms with van der Waals surface area (Å²) in [6, 6.07) is 6.44. The van der Waals surface area contributed by atoms with Crippen molar-refractivity contribution in [2.45, 2.75) is 56.8 Å². The number of ether oxygens (including phenoxy) is 5. The van der Waals surface area contributed by atoms with E-state index in [9.17, 15) is 35.1 Å². The van der Waals surface area contributed by atoms with Gasteiger partial charge in [-0.15, -0.1) is 0 Å². The van der Waals surface area contributed by atoms with Crippen LogP contribution in [0.15, 0.2) is 47.7 Å². The van der Waals surface area contributed by atoms with Crippen LogP contribution in [0, 0.1) is 5.92 Å². The summed E-state index contributed by atoms with van der Waals surface area (Å²) in [7, 11) is 1.21. The summed E-state index contributed by atoms with van der Waals surface area (Å²) in [6.07, 6.45) is -6.02. The average Bonchev–Trinajstić information content (AvgIpc) is 2.90. The highest BCUT2D eigenvalue weighted by atomic mass is 16.8. The second-order valence-corrected chi connectivity index (χ2v) is 8.55. The smallest absolute Gasteiger partial charge is 0.337 e. The Kier molecular flexibility index (Phi) is 10.0. The summed E-state index contributed by atoms with van der Waals surface area (Å²) >= 11 is 0. The number of benzene rings is 1. The second kappa shape index (κ2) is 13.0. The predicted octanol–water partition coefficient (Wildman–Crippen LogP) is -0.340. The first-order valence-corrected chi connectivity index (χ1v) is 11.7. The van der Waals surface area contributed by atoms with Gasteiger partial charge in [-0.2, -0.15) is 0 Å². The fraction of sp³-hybridized carbons (Fsp3) is 0.520. The average molecular weight is 525 g/mol. The molecule has 0 saturated carbocycles. The molecule has 12 heteroatoms. The lowest BCUT2D eigenvalue weighted by Crippen LogP contribution is -2.60. The van der Waals surface area contributed by atoms with Crippen molar-refractivity contribution in [3.63, 3.8) is 0 Å². The van der Waals surface area contributed by atoms with Crippen LogP contribution in [0.25, 0.3) is 0 Å². The number of hydrogen-bond donors (Lipinski definition) is 5. The molecule has 7 atom stereocenters. The van der Waals surface area contributed by atoms with Crippen molar-refractivity contribution < 1.29 is 58.8 Å². The summed E-state index contributed by atoms with van der Waals surface area (Å²) in [5, 5.41) is 49.1. The highest BCUT2D eigenvalue weighted by Gasteiger charge is 2.46. The SMILES string of the molecule is C/C=C1/[C@H](O[C@@H]2O[C@H](CO)[C@@H](O)[C@H](O)[C@H]2O)OC=C(C(=O)OCCc2ccc(O)cc2)[C@H]1CC(=O)OC. The molecule has 0 unspecified atom stereocenters. The summed E-state index contributed by atoms with van der Waals surface area (Å²) in [4.78, 5) is 25.1. The second-order valence-electron chi connectivity index (χ2n) is 8.55. The molecule has 0 amide bonds. The van der Waals surface area contributed by atoms with Crippen LogP contribution in [0.2, 0.25) is 0 Å². The van der Waals surface area contributed by atoms with Crippen LogP contribution >= 0.6 is 0 Å². The number of carbonyl (C=O) groups excluding carboxylic acids is 2. The number of aliphatic hydroxyl groups excluding tert-OH is 4. The summed E-state index contributed by atoms with van der Waals surface area (Å²) < 4.78 is 26.8. The number of phenols is 1. The van der Waals surface area contributed by atoms with Gasteiger partial charge in [0.2, 0.25) is 6.29 Å². The lowest BCUT2D eigenvalue weighted by Gasteiger charge is -2.41. The van der Waals surface area contributed by atoms with Crippen molar-refractivity contribution in [1.29, 1.82) is 0 Å². The van der Waals surface area contributed by atoms with E-state index in [1.165, 1.54) is 19.2 Å². The maximum atomic E-state index is 12.9. The normalized spacial score (nSPS) is 30.8. The molecule has 1 aromatic carbocycles.